The maximum atomic E-state index is 12.4. The van der Waals surface area contributed by atoms with Gasteiger partial charge in [0.25, 0.3) is 11.8 Å². The van der Waals surface area contributed by atoms with Crippen LogP contribution in [0.1, 0.15) is 20.0 Å². The van der Waals surface area contributed by atoms with Crippen molar-refractivity contribution in [2.45, 2.75) is 0 Å². The SMILES string of the molecule is O=C(NNC(=O)c1sccc1-c1ccccc1)c1ccc(Cl)cc1. The molecule has 2 amide bonds. The fraction of sp³-hybridized carbons (Fsp3) is 0. The van der Waals surface area contributed by atoms with Gasteiger partial charge in [0, 0.05) is 16.1 Å². The molecular formula is C18H13ClN2O2S. The standard InChI is InChI=1S/C18H13ClN2O2S/c19-14-8-6-13(7-9-14)17(22)20-21-18(23)16-15(10-11-24-16)12-4-2-1-3-5-12/h1-11H,(H,20,22)(H,21,23). The van der Waals surface area contributed by atoms with Crippen LogP contribution in [0.3, 0.4) is 0 Å². The first kappa shape index (κ1) is 16.2. The minimum absolute atomic E-state index is 0.355. The van der Waals surface area contributed by atoms with Crippen molar-refractivity contribution in [2.75, 3.05) is 0 Å². The zero-order valence-corrected chi connectivity index (χ0v) is 14.0. The minimum Gasteiger partial charge on any atom is -0.267 e. The summed E-state index contributed by atoms with van der Waals surface area (Å²) in [6.45, 7) is 0. The summed E-state index contributed by atoms with van der Waals surface area (Å²) in [5, 5.41) is 2.39. The maximum absolute atomic E-state index is 12.4. The van der Waals surface area contributed by atoms with E-state index in [4.69, 9.17) is 11.6 Å². The Morgan fingerprint density at radius 3 is 2.21 bits per heavy atom. The second-order valence-corrected chi connectivity index (χ2v) is 6.30. The molecule has 24 heavy (non-hydrogen) atoms. The number of carbonyl (C=O) groups is 2. The summed E-state index contributed by atoms with van der Waals surface area (Å²) in [5.41, 5.74) is 7.05. The Bertz CT molecular complexity index is 860. The van der Waals surface area contributed by atoms with Gasteiger partial charge in [-0.1, -0.05) is 41.9 Å². The average Bonchev–Trinajstić information content (AvgIpc) is 3.10. The van der Waals surface area contributed by atoms with Crippen molar-refractivity contribution in [1.29, 1.82) is 0 Å². The quantitative estimate of drug-likeness (QED) is 0.693. The smallest absolute Gasteiger partial charge is 0.267 e. The van der Waals surface area contributed by atoms with E-state index in [2.05, 4.69) is 10.9 Å². The summed E-state index contributed by atoms with van der Waals surface area (Å²) in [6.07, 6.45) is 0. The van der Waals surface area contributed by atoms with E-state index in [1.54, 1.807) is 24.3 Å². The molecule has 1 aromatic heterocycles. The second kappa shape index (κ2) is 7.29. The van der Waals surface area contributed by atoms with Gasteiger partial charge in [0.1, 0.15) is 4.88 Å². The van der Waals surface area contributed by atoms with Crippen LogP contribution >= 0.6 is 22.9 Å². The van der Waals surface area contributed by atoms with Crippen LogP contribution in [-0.2, 0) is 0 Å². The lowest BCUT2D eigenvalue weighted by atomic mass is 10.1. The summed E-state index contributed by atoms with van der Waals surface area (Å²) < 4.78 is 0. The molecule has 120 valence electrons. The molecule has 0 spiro atoms. The lowest BCUT2D eigenvalue weighted by Gasteiger charge is -2.08. The number of rotatable bonds is 3. The highest BCUT2D eigenvalue weighted by molar-refractivity contribution is 7.12. The normalized spacial score (nSPS) is 10.2. The summed E-state index contributed by atoms with van der Waals surface area (Å²) in [6, 6.07) is 17.9. The van der Waals surface area contributed by atoms with Crippen molar-refractivity contribution in [2.24, 2.45) is 0 Å². The summed E-state index contributed by atoms with van der Waals surface area (Å²) in [5.74, 6) is -0.760. The van der Waals surface area contributed by atoms with Crippen molar-refractivity contribution in [3.8, 4) is 11.1 Å². The van der Waals surface area contributed by atoms with Crippen LogP contribution in [0.5, 0.6) is 0 Å². The van der Waals surface area contributed by atoms with Crippen LogP contribution in [0.25, 0.3) is 11.1 Å². The van der Waals surface area contributed by atoms with Crippen molar-refractivity contribution in [1.82, 2.24) is 10.9 Å². The lowest BCUT2D eigenvalue weighted by molar-refractivity contribution is 0.0849. The van der Waals surface area contributed by atoms with Gasteiger partial charge in [-0.2, -0.15) is 0 Å². The molecule has 1 heterocycles. The van der Waals surface area contributed by atoms with E-state index in [-0.39, 0.29) is 5.91 Å². The van der Waals surface area contributed by atoms with E-state index in [1.165, 1.54) is 11.3 Å². The molecular weight excluding hydrogens is 344 g/mol. The molecule has 6 heteroatoms. The number of hydrazine groups is 1. The zero-order valence-electron chi connectivity index (χ0n) is 12.5. The molecule has 3 rings (SSSR count). The van der Waals surface area contributed by atoms with Crippen LogP contribution in [0.4, 0.5) is 0 Å². The van der Waals surface area contributed by atoms with Crippen LogP contribution in [-0.4, -0.2) is 11.8 Å². The number of hydrogen-bond acceptors (Lipinski definition) is 3. The second-order valence-electron chi connectivity index (χ2n) is 4.94. The summed E-state index contributed by atoms with van der Waals surface area (Å²) in [4.78, 5) is 24.9. The molecule has 2 N–H and O–H groups in total. The zero-order chi connectivity index (χ0) is 16.9. The summed E-state index contributed by atoms with van der Waals surface area (Å²) >= 11 is 7.11. The largest absolute Gasteiger partial charge is 0.280 e. The van der Waals surface area contributed by atoms with Gasteiger partial charge in [0.15, 0.2) is 0 Å². The molecule has 2 aromatic carbocycles. The van der Waals surface area contributed by atoms with E-state index in [0.717, 1.165) is 11.1 Å². The third-order valence-electron chi connectivity index (χ3n) is 3.35. The van der Waals surface area contributed by atoms with Gasteiger partial charge in [0.2, 0.25) is 0 Å². The topological polar surface area (TPSA) is 58.2 Å². The van der Waals surface area contributed by atoms with Crippen molar-refractivity contribution >= 4 is 34.8 Å². The predicted octanol–water partition coefficient (Wildman–Crippen LogP) is 4.14. The number of benzene rings is 2. The van der Waals surface area contributed by atoms with Gasteiger partial charge in [-0.3, -0.25) is 20.4 Å². The molecule has 0 saturated heterocycles. The Balaban J connectivity index is 1.69. The molecule has 3 aromatic rings. The number of nitrogens with one attached hydrogen (secondary N) is 2. The van der Waals surface area contributed by atoms with Crippen LogP contribution in [0.2, 0.25) is 5.02 Å². The molecule has 4 nitrogen and oxygen atoms in total. The first-order valence-electron chi connectivity index (χ1n) is 7.14. The maximum Gasteiger partial charge on any atom is 0.280 e. The molecule has 0 bridgehead atoms. The number of thiophene rings is 1. The third kappa shape index (κ3) is 3.64. The highest BCUT2D eigenvalue weighted by atomic mass is 35.5. The Morgan fingerprint density at radius 1 is 0.833 bits per heavy atom. The van der Waals surface area contributed by atoms with E-state index >= 15 is 0 Å². The van der Waals surface area contributed by atoms with E-state index in [1.807, 2.05) is 41.8 Å². The highest BCUT2D eigenvalue weighted by Gasteiger charge is 2.15. The van der Waals surface area contributed by atoms with Crippen molar-refractivity contribution < 1.29 is 9.59 Å². The van der Waals surface area contributed by atoms with Crippen LogP contribution < -0.4 is 10.9 Å². The van der Waals surface area contributed by atoms with Crippen LogP contribution in [0, 0.1) is 0 Å². The Kier molecular flexibility index (Phi) is 4.93. The van der Waals surface area contributed by atoms with Gasteiger partial charge >= 0.3 is 0 Å². The van der Waals surface area contributed by atoms with Gasteiger partial charge < -0.3 is 0 Å². The predicted molar refractivity (Wildman–Crippen MR) is 96.1 cm³/mol. The number of hydrogen-bond donors (Lipinski definition) is 2. The van der Waals surface area contributed by atoms with Crippen molar-refractivity contribution in [3.63, 3.8) is 0 Å². The van der Waals surface area contributed by atoms with Gasteiger partial charge in [0.05, 0.1) is 0 Å². The molecule has 0 aliphatic rings. The minimum atomic E-state index is -0.405. The van der Waals surface area contributed by atoms with E-state index in [0.29, 0.717) is 15.5 Å². The number of amides is 2. The first-order chi connectivity index (χ1) is 11.6. The van der Waals surface area contributed by atoms with Gasteiger partial charge in [-0.25, -0.2) is 0 Å². The molecule has 0 atom stereocenters. The monoisotopic (exact) mass is 356 g/mol. The lowest BCUT2D eigenvalue weighted by Crippen LogP contribution is -2.41. The van der Waals surface area contributed by atoms with Gasteiger partial charge in [-0.05, 0) is 41.3 Å². The number of halogens is 1. The van der Waals surface area contributed by atoms with E-state index in [9.17, 15) is 9.59 Å². The van der Waals surface area contributed by atoms with Crippen LogP contribution in [0.15, 0.2) is 66.0 Å². The van der Waals surface area contributed by atoms with Gasteiger partial charge in [-0.15, -0.1) is 11.3 Å². The Labute approximate surface area is 148 Å². The molecule has 0 unspecified atom stereocenters. The highest BCUT2D eigenvalue weighted by Crippen LogP contribution is 2.27. The number of carbonyl (C=O) groups excluding carboxylic acids is 2. The Hall–Kier alpha value is -2.63. The van der Waals surface area contributed by atoms with E-state index < -0.39 is 5.91 Å². The average molecular weight is 357 g/mol. The Morgan fingerprint density at radius 2 is 1.50 bits per heavy atom. The molecule has 0 radical (unpaired) electrons. The fourth-order valence-electron chi connectivity index (χ4n) is 2.17. The fourth-order valence-corrected chi connectivity index (χ4v) is 3.11. The summed E-state index contributed by atoms with van der Waals surface area (Å²) in [7, 11) is 0. The first-order valence-corrected chi connectivity index (χ1v) is 8.40. The molecule has 0 aliphatic heterocycles. The van der Waals surface area contributed by atoms with Crippen molar-refractivity contribution in [3.05, 3.63) is 81.5 Å². The molecule has 0 saturated carbocycles. The molecule has 0 aliphatic carbocycles. The molecule has 0 fully saturated rings. The third-order valence-corrected chi connectivity index (χ3v) is 4.52.